The predicted octanol–water partition coefficient (Wildman–Crippen LogP) is 1.74. The van der Waals surface area contributed by atoms with Gasteiger partial charge in [-0.15, -0.1) is 0 Å². The summed E-state index contributed by atoms with van der Waals surface area (Å²) in [7, 11) is 0. The summed E-state index contributed by atoms with van der Waals surface area (Å²) >= 11 is 0. The first-order valence-electron chi connectivity index (χ1n) is 5.02. The molecule has 2 bridgehead atoms. The Hall–Kier alpha value is -0.530. The van der Waals surface area contributed by atoms with Gasteiger partial charge in [0.05, 0.1) is 0 Å². The molecule has 66 valence electrons. The molecule has 2 aliphatic carbocycles. The van der Waals surface area contributed by atoms with Crippen LogP contribution in [0.15, 0.2) is 0 Å². The molecule has 1 saturated heterocycles. The molecule has 0 radical (unpaired) electrons. The van der Waals surface area contributed by atoms with Gasteiger partial charge in [-0.2, -0.15) is 0 Å². The van der Waals surface area contributed by atoms with Gasteiger partial charge < -0.3 is 4.74 Å². The Labute approximate surface area is 72.3 Å². The van der Waals surface area contributed by atoms with Gasteiger partial charge in [-0.05, 0) is 43.4 Å². The van der Waals surface area contributed by atoms with Crippen molar-refractivity contribution in [1.29, 1.82) is 0 Å². The van der Waals surface area contributed by atoms with Crippen LogP contribution in [0.1, 0.15) is 32.1 Å². The number of hydrogen-bond donors (Lipinski definition) is 0. The van der Waals surface area contributed by atoms with E-state index in [1.54, 1.807) is 0 Å². The molecule has 0 aromatic rings. The molecule has 1 aliphatic heterocycles. The summed E-state index contributed by atoms with van der Waals surface area (Å²) in [4.78, 5) is 11.2. The average molecular weight is 166 g/mol. The minimum absolute atomic E-state index is 0.0591. The minimum atomic E-state index is 0.0591. The Morgan fingerprint density at radius 1 is 1.25 bits per heavy atom. The minimum Gasteiger partial charge on any atom is -0.462 e. The predicted molar refractivity (Wildman–Crippen MR) is 43.4 cm³/mol. The van der Waals surface area contributed by atoms with E-state index in [4.69, 9.17) is 4.74 Å². The van der Waals surface area contributed by atoms with Crippen LogP contribution in [0.2, 0.25) is 0 Å². The van der Waals surface area contributed by atoms with Gasteiger partial charge in [0.15, 0.2) is 0 Å². The summed E-state index contributed by atoms with van der Waals surface area (Å²) in [6, 6.07) is 0. The number of ether oxygens (including phenoxy) is 1. The molecule has 1 heterocycles. The molecule has 2 heteroatoms. The fourth-order valence-electron chi connectivity index (χ4n) is 3.39. The molecule has 2 saturated carbocycles. The first-order chi connectivity index (χ1) is 5.83. The highest BCUT2D eigenvalue weighted by Gasteiger charge is 2.47. The van der Waals surface area contributed by atoms with E-state index in [9.17, 15) is 4.79 Å². The van der Waals surface area contributed by atoms with Crippen LogP contribution in [-0.2, 0) is 9.53 Å². The first-order valence-corrected chi connectivity index (χ1v) is 5.02. The van der Waals surface area contributed by atoms with E-state index >= 15 is 0 Å². The second kappa shape index (κ2) is 2.24. The lowest BCUT2D eigenvalue weighted by Gasteiger charge is -2.34. The Bertz CT molecular complexity index is 214. The Kier molecular flexibility index (Phi) is 1.29. The summed E-state index contributed by atoms with van der Waals surface area (Å²) < 4.78 is 5.35. The summed E-state index contributed by atoms with van der Waals surface area (Å²) in [5.74, 6) is 2.40. The van der Waals surface area contributed by atoms with Crippen LogP contribution in [-0.4, -0.2) is 12.1 Å². The number of carbonyl (C=O) groups is 1. The second-order valence-electron chi connectivity index (χ2n) is 4.57. The Balaban J connectivity index is 1.90. The zero-order valence-electron chi connectivity index (χ0n) is 7.16. The third-order valence-electron chi connectivity index (χ3n) is 3.90. The molecule has 0 aromatic heterocycles. The van der Waals surface area contributed by atoms with Crippen LogP contribution in [0, 0.1) is 17.8 Å². The molecule has 2 nitrogen and oxygen atoms in total. The van der Waals surface area contributed by atoms with Gasteiger partial charge in [0.2, 0.25) is 0 Å². The highest BCUT2D eigenvalue weighted by molar-refractivity contribution is 5.71. The summed E-state index contributed by atoms with van der Waals surface area (Å²) in [5, 5.41) is 0. The average Bonchev–Trinajstić information content (AvgIpc) is 2.40. The van der Waals surface area contributed by atoms with Crippen molar-refractivity contribution in [2.75, 3.05) is 0 Å². The van der Waals surface area contributed by atoms with Crippen molar-refractivity contribution in [3.8, 4) is 0 Å². The highest BCUT2D eigenvalue weighted by atomic mass is 16.5. The zero-order chi connectivity index (χ0) is 8.13. The lowest BCUT2D eigenvalue weighted by Crippen LogP contribution is -2.37. The van der Waals surface area contributed by atoms with E-state index in [1.807, 2.05) is 0 Å². The molecule has 0 spiro atoms. The van der Waals surface area contributed by atoms with Gasteiger partial charge in [-0.1, -0.05) is 0 Å². The molecular weight excluding hydrogens is 152 g/mol. The van der Waals surface area contributed by atoms with Gasteiger partial charge in [-0.25, -0.2) is 0 Å². The van der Waals surface area contributed by atoms with Gasteiger partial charge >= 0.3 is 5.97 Å². The van der Waals surface area contributed by atoms with Crippen LogP contribution in [0.5, 0.6) is 0 Å². The van der Waals surface area contributed by atoms with Crippen molar-refractivity contribution < 1.29 is 9.53 Å². The van der Waals surface area contributed by atoms with Crippen LogP contribution >= 0.6 is 0 Å². The van der Waals surface area contributed by atoms with Gasteiger partial charge in [0.1, 0.15) is 6.10 Å². The number of hydrogen-bond acceptors (Lipinski definition) is 2. The highest BCUT2D eigenvalue weighted by Crippen LogP contribution is 2.50. The van der Waals surface area contributed by atoms with Gasteiger partial charge in [-0.3, -0.25) is 4.79 Å². The SMILES string of the molecule is O=C1CC2CC3CCC(O1)C2C3. The monoisotopic (exact) mass is 166 g/mol. The standard InChI is InChI=1S/C10H14O2/c11-10-5-7-3-6-1-2-9(12-10)8(7)4-6/h6-9H,1-5H2. The van der Waals surface area contributed by atoms with Crippen molar-refractivity contribution in [2.45, 2.75) is 38.2 Å². The zero-order valence-corrected chi connectivity index (χ0v) is 7.16. The third kappa shape index (κ3) is 0.838. The Morgan fingerprint density at radius 2 is 2.17 bits per heavy atom. The second-order valence-corrected chi connectivity index (χ2v) is 4.57. The summed E-state index contributed by atoms with van der Waals surface area (Å²) in [6.45, 7) is 0. The van der Waals surface area contributed by atoms with E-state index < -0.39 is 0 Å². The normalized spacial score (nSPS) is 50.5. The van der Waals surface area contributed by atoms with Crippen molar-refractivity contribution in [2.24, 2.45) is 17.8 Å². The van der Waals surface area contributed by atoms with Gasteiger partial charge in [0.25, 0.3) is 0 Å². The van der Waals surface area contributed by atoms with Crippen LogP contribution in [0.3, 0.4) is 0 Å². The van der Waals surface area contributed by atoms with E-state index in [1.165, 1.54) is 19.3 Å². The van der Waals surface area contributed by atoms with Crippen molar-refractivity contribution in [3.63, 3.8) is 0 Å². The molecule has 12 heavy (non-hydrogen) atoms. The quantitative estimate of drug-likeness (QED) is 0.512. The van der Waals surface area contributed by atoms with E-state index in [-0.39, 0.29) is 5.97 Å². The number of fused-ring (bicyclic) bond motifs is 1. The molecule has 0 N–H and O–H groups in total. The third-order valence-corrected chi connectivity index (χ3v) is 3.90. The molecule has 0 aromatic carbocycles. The summed E-state index contributed by atoms with van der Waals surface area (Å²) in [6.07, 6.45) is 6.08. The van der Waals surface area contributed by atoms with Crippen molar-refractivity contribution in [3.05, 3.63) is 0 Å². The van der Waals surface area contributed by atoms with E-state index in [0.29, 0.717) is 18.4 Å². The van der Waals surface area contributed by atoms with Crippen molar-refractivity contribution in [1.82, 2.24) is 0 Å². The van der Waals surface area contributed by atoms with Crippen LogP contribution in [0.25, 0.3) is 0 Å². The largest absolute Gasteiger partial charge is 0.462 e. The van der Waals surface area contributed by atoms with E-state index in [2.05, 4.69) is 0 Å². The maximum atomic E-state index is 11.2. The Morgan fingerprint density at radius 3 is 3.08 bits per heavy atom. The molecule has 4 atom stereocenters. The van der Waals surface area contributed by atoms with E-state index in [0.717, 1.165) is 18.3 Å². The topological polar surface area (TPSA) is 26.3 Å². The molecule has 3 fully saturated rings. The lowest BCUT2D eigenvalue weighted by atomic mass is 9.82. The number of esters is 1. The molecular formula is C10H14O2. The van der Waals surface area contributed by atoms with Crippen LogP contribution < -0.4 is 0 Å². The number of rotatable bonds is 0. The van der Waals surface area contributed by atoms with Crippen molar-refractivity contribution >= 4 is 5.97 Å². The fraction of sp³-hybridized carbons (Fsp3) is 0.900. The lowest BCUT2D eigenvalue weighted by molar-refractivity contribution is -0.162. The summed E-state index contributed by atoms with van der Waals surface area (Å²) in [5.41, 5.74) is 0. The van der Waals surface area contributed by atoms with Gasteiger partial charge in [0, 0.05) is 6.42 Å². The molecule has 4 unspecified atom stereocenters. The number of carbonyl (C=O) groups excluding carboxylic acids is 1. The maximum Gasteiger partial charge on any atom is 0.306 e. The first kappa shape index (κ1) is 6.93. The fourth-order valence-corrected chi connectivity index (χ4v) is 3.39. The molecule has 3 aliphatic rings. The maximum absolute atomic E-state index is 11.2. The molecule has 3 rings (SSSR count). The van der Waals surface area contributed by atoms with Crippen LogP contribution in [0.4, 0.5) is 0 Å². The molecule has 0 amide bonds. The smallest absolute Gasteiger partial charge is 0.306 e.